The van der Waals surface area contributed by atoms with E-state index < -0.39 is 12.1 Å². The highest BCUT2D eigenvalue weighted by molar-refractivity contribution is 7.97. The zero-order valence-corrected chi connectivity index (χ0v) is 19.0. The second kappa shape index (κ2) is 12.6. The lowest BCUT2D eigenvalue weighted by Crippen LogP contribution is -2.11. The third-order valence-corrected chi connectivity index (χ3v) is 5.15. The number of pyridine rings is 1. The van der Waals surface area contributed by atoms with Crippen LogP contribution in [-0.2, 0) is 4.74 Å². The maximum Gasteiger partial charge on any atom is 0.340 e. The van der Waals surface area contributed by atoms with Crippen LogP contribution in [-0.4, -0.2) is 33.4 Å². The SMILES string of the molecule is CC.COC(=O)c1c(C(O)c2ccncc2)n(SC)c2ccccc12.c1ccccc1. The number of fused-ring (bicyclic) bond motifs is 1. The Balaban J connectivity index is 0.000000363. The summed E-state index contributed by atoms with van der Waals surface area (Å²) in [7, 11) is 1.34. The number of para-hydroxylation sites is 1. The molecular formula is C25H28N2O3S. The average Bonchev–Trinajstić information content (AvgIpc) is 3.20. The van der Waals surface area contributed by atoms with Crippen LogP contribution in [0, 0.1) is 0 Å². The van der Waals surface area contributed by atoms with Gasteiger partial charge in [-0.05, 0) is 35.7 Å². The van der Waals surface area contributed by atoms with E-state index in [-0.39, 0.29) is 0 Å². The van der Waals surface area contributed by atoms with Gasteiger partial charge in [0.2, 0.25) is 0 Å². The van der Waals surface area contributed by atoms with Gasteiger partial charge in [-0.15, -0.1) is 0 Å². The van der Waals surface area contributed by atoms with E-state index in [2.05, 4.69) is 4.98 Å². The van der Waals surface area contributed by atoms with Gasteiger partial charge in [0.1, 0.15) is 6.10 Å². The second-order valence-electron chi connectivity index (χ2n) is 6.08. The maximum absolute atomic E-state index is 12.3. The standard InChI is InChI=1S/C17H16N2O3S.C6H6.C2H6/c1-22-17(21)14-12-5-3-4-6-13(12)19(23-2)15(14)16(20)11-7-9-18-10-8-11;1-2-4-6-5-3-1;1-2/h3-10,16,20H,1-2H3;1-6H;1-2H3. The zero-order valence-electron chi connectivity index (χ0n) is 18.2. The van der Waals surface area contributed by atoms with Gasteiger partial charge in [-0.1, -0.05) is 68.4 Å². The minimum atomic E-state index is -0.952. The van der Waals surface area contributed by atoms with Crippen molar-refractivity contribution in [2.45, 2.75) is 20.0 Å². The molecule has 5 nitrogen and oxygen atoms in total. The van der Waals surface area contributed by atoms with E-state index in [0.29, 0.717) is 16.8 Å². The van der Waals surface area contributed by atoms with E-state index in [1.165, 1.54) is 19.1 Å². The summed E-state index contributed by atoms with van der Waals surface area (Å²) in [6.07, 6.45) is 4.17. The topological polar surface area (TPSA) is 64.3 Å². The summed E-state index contributed by atoms with van der Waals surface area (Å²) in [5, 5.41) is 11.6. The van der Waals surface area contributed by atoms with Crippen molar-refractivity contribution >= 4 is 28.8 Å². The number of ether oxygens (including phenoxy) is 1. The molecule has 0 bridgehead atoms. The van der Waals surface area contributed by atoms with Crippen molar-refractivity contribution in [2.75, 3.05) is 13.4 Å². The van der Waals surface area contributed by atoms with E-state index in [1.807, 2.05) is 84.7 Å². The Kier molecular flexibility index (Phi) is 9.81. The summed E-state index contributed by atoms with van der Waals surface area (Å²) >= 11 is 1.43. The van der Waals surface area contributed by atoms with Crippen molar-refractivity contribution in [1.82, 2.24) is 8.96 Å². The number of hydrogen-bond donors (Lipinski definition) is 1. The first-order valence-corrected chi connectivity index (χ1v) is 11.2. The van der Waals surface area contributed by atoms with Crippen molar-refractivity contribution in [3.63, 3.8) is 0 Å². The summed E-state index contributed by atoms with van der Waals surface area (Å²) in [5.41, 5.74) is 2.44. The Morgan fingerprint density at radius 3 is 2.03 bits per heavy atom. The third-order valence-electron chi connectivity index (χ3n) is 4.39. The highest BCUT2D eigenvalue weighted by Gasteiger charge is 2.28. The Labute approximate surface area is 187 Å². The Morgan fingerprint density at radius 1 is 0.968 bits per heavy atom. The highest BCUT2D eigenvalue weighted by atomic mass is 32.2. The summed E-state index contributed by atoms with van der Waals surface area (Å²) in [4.78, 5) is 16.3. The molecule has 0 saturated heterocycles. The van der Waals surface area contributed by atoms with Gasteiger partial charge in [0.05, 0.1) is 23.9 Å². The molecule has 31 heavy (non-hydrogen) atoms. The van der Waals surface area contributed by atoms with Crippen LogP contribution >= 0.6 is 11.9 Å². The van der Waals surface area contributed by atoms with Crippen LogP contribution in [0.2, 0.25) is 0 Å². The van der Waals surface area contributed by atoms with Gasteiger partial charge in [0, 0.05) is 24.0 Å². The number of nitrogens with zero attached hydrogens (tertiary/aromatic N) is 2. The molecule has 2 aromatic heterocycles. The van der Waals surface area contributed by atoms with Gasteiger partial charge >= 0.3 is 5.97 Å². The third kappa shape index (κ3) is 5.75. The van der Waals surface area contributed by atoms with Crippen LogP contribution < -0.4 is 0 Å². The molecule has 4 rings (SSSR count). The smallest absolute Gasteiger partial charge is 0.340 e. The number of esters is 1. The van der Waals surface area contributed by atoms with Crippen LogP contribution in [0.1, 0.15) is 41.6 Å². The predicted octanol–water partition coefficient (Wildman–Crippen LogP) is 5.74. The van der Waals surface area contributed by atoms with Gasteiger partial charge in [0.15, 0.2) is 0 Å². The average molecular weight is 437 g/mol. The molecule has 2 aromatic carbocycles. The van der Waals surface area contributed by atoms with Gasteiger partial charge in [-0.2, -0.15) is 0 Å². The van der Waals surface area contributed by atoms with Gasteiger partial charge in [-0.3, -0.25) is 8.96 Å². The van der Waals surface area contributed by atoms with Crippen LogP contribution in [0.5, 0.6) is 0 Å². The molecule has 0 aliphatic carbocycles. The molecule has 0 saturated carbocycles. The molecule has 1 unspecified atom stereocenters. The Morgan fingerprint density at radius 2 is 1.52 bits per heavy atom. The van der Waals surface area contributed by atoms with Crippen LogP contribution in [0.25, 0.3) is 10.9 Å². The van der Waals surface area contributed by atoms with E-state index in [0.717, 1.165) is 10.9 Å². The molecule has 1 N–H and O–H groups in total. The molecule has 0 radical (unpaired) electrons. The molecular weight excluding hydrogens is 408 g/mol. The molecule has 0 aliphatic rings. The largest absolute Gasteiger partial charge is 0.465 e. The monoisotopic (exact) mass is 436 g/mol. The second-order valence-corrected chi connectivity index (χ2v) is 6.81. The summed E-state index contributed by atoms with van der Waals surface area (Å²) < 4.78 is 6.81. The molecule has 0 amide bonds. The molecule has 6 heteroatoms. The summed E-state index contributed by atoms with van der Waals surface area (Å²) in [6, 6.07) is 23.0. The molecule has 0 spiro atoms. The Bertz CT molecular complexity index is 1040. The number of benzene rings is 2. The van der Waals surface area contributed by atoms with E-state index in [9.17, 15) is 9.90 Å². The van der Waals surface area contributed by atoms with Crippen molar-refractivity contribution in [2.24, 2.45) is 0 Å². The zero-order chi connectivity index (χ0) is 22.6. The molecule has 2 heterocycles. The number of methoxy groups -OCH3 is 1. The number of aromatic nitrogens is 2. The number of rotatable bonds is 4. The fourth-order valence-electron chi connectivity index (χ4n) is 3.08. The first-order chi connectivity index (χ1) is 15.2. The van der Waals surface area contributed by atoms with Crippen molar-refractivity contribution in [1.29, 1.82) is 0 Å². The maximum atomic E-state index is 12.3. The van der Waals surface area contributed by atoms with Crippen LogP contribution in [0.15, 0.2) is 85.2 Å². The highest BCUT2D eigenvalue weighted by Crippen LogP contribution is 2.36. The molecule has 0 aliphatic heterocycles. The molecule has 4 aromatic rings. The van der Waals surface area contributed by atoms with Crippen molar-refractivity contribution in [3.8, 4) is 0 Å². The first kappa shape index (κ1) is 24.2. The van der Waals surface area contributed by atoms with E-state index in [1.54, 1.807) is 24.5 Å². The quantitative estimate of drug-likeness (QED) is 0.413. The van der Waals surface area contributed by atoms with Gasteiger partial charge in [0.25, 0.3) is 0 Å². The fourth-order valence-corrected chi connectivity index (χ4v) is 3.82. The lowest BCUT2D eigenvalue weighted by molar-refractivity contribution is 0.0597. The van der Waals surface area contributed by atoms with Crippen LogP contribution in [0.3, 0.4) is 0 Å². The minimum absolute atomic E-state index is 0.391. The Hall–Kier alpha value is -3.09. The van der Waals surface area contributed by atoms with E-state index >= 15 is 0 Å². The molecule has 0 fully saturated rings. The number of aliphatic hydroxyl groups is 1. The fraction of sp³-hybridized carbons (Fsp3) is 0.200. The minimum Gasteiger partial charge on any atom is -0.465 e. The normalized spacial score (nSPS) is 10.9. The molecule has 1 atom stereocenters. The summed E-state index contributed by atoms with van der Waals surface area (Å²) in [6.45, 7) is 4.00. The lowest BCUT2D eigenvalue weighted by atomic mass is 10.0. The predicted molar refractivity (Wildman–Crippen MR) is 128 cm³/mol. The number of hydrogen-bond acceptors (Lipinski definition) is 5. The van der Waals surface area contributed by atoms with Gasteiger partial charge in [-0.25, -0.2) is 4.79 Å². The number of carbonyl (C=O) groups is 1. The van der Waals surface area contributed by atoms with Gasteiger partial charge < -0.3 is 9.84 Å². The first-order valence-electron chi connectivity index (χ1n) is 10.0. The van der Waals surface area contributed by atoms with Crippen molar-refractivity contribution < 1.29 is 14.6 Å². The number of carbonyl (C=O) groups excluding carboxylic acids is 1. The molecule has 162 valence electrons. The van der Waals surface area contributed by atoms with E-state index in [4.69, 9.17) is 4.74 Å². The summed E-state index contributed by atoms with van der Waals surface area (Å²) in [5.74, 6) is -0.461. The number of aliphatic hydroxyl groups excluding tert-OH is 1. The van der Waals surface area contributed by atoms with Crippen molar-refractivity contribution in [3.05, 3.63) is 102 Å². The van der Waals surface area contributed by atoms with Crippen LogP contribution in [0.4, 0.5) is 0 Å². The lowest BCUT2D eigenvalue weighted by Gasteiger charge is -2.15.